The van der Waals surface area contributed by atoms with E-state index in [4.69, 9.17) is 10.5 Å². The number of alkyl halides is 3. The van der Waals surface area contributed by atoms with E-state index in [-0.39, 0.29) is 43.6 Å². The summed E-state index contributed by atoms with van der Waals surface area (Å²) in [6.07, 6.45) is -4.76. The Kier molecular flexibility index (Phi) is 7.20. The van der Waals surface area contributed by atoms with Crippen molar-refractivity contribution in [1.82, 2.24) is 5.32 Å². The van der Waals surface area contributed by atoms with Crippen molar-refractivity contribution >= 4 is 29.1 Å². The number of amides is 3. The van der Waals surface area contributed by atoms with Gasteiger partial charge in [0.05, 0.1) is 17.9 Å². The van der Waals surface area contributed by atoms with Crippen molar-refractivity contribution in [1.29, 1.82) is 0 Å². The Balaban J connectivity index is 2.26. The average molecular weight is 416 g/mol. The molecule has 0 aliphatic carbocycles. The number of nitrogens with zero attached hydrogens (tertiary/aromatic N) is 1. The molecule has 0 saturated carbocycles. The summed E-state index contributed by atoms with van der Waals surface area (Å²) in [5.74, 6) is -2.13. The van der Waals surface area contributed by atoms with Crippen LogP contribution in [-0.2, 0) is 25.3 Å². The van der Waals surface area contributed by atoms with E-state index in [9.17, 15) is 27.6 Å². The molecule has 1 aromatic rings. The quantitative estimate of drug-likeness (QED) is 0.643. The molecule has 0 radical (unpaired) electrons. The molecular weight excluding hydrogens is 393 g/mol. The predicted molar refractivity (Wildman–Crippen MR) is 99.1 cm³/mol. The third-order valence-electron chi connectivity index (χ3n) is 4.24. The number of hydrogen-bond donors (Lipinski definition) is 3. The lowest BCUT2D eigenvalue weighted by molar-refractivity contribution is -0.137. The van der Waals surface area contributed by atoms with Crippen LogP contribution >= 0.6 is 0 Å². The number of nitrogens with two attached hydrogens (primary N) is 1. The number of benzene rings is 1. The van der Waals surface area contributed by atoms with Gasteiger partial charge in [0.2, 0.25) is 11.8 Å². The molecule has 11 heteroatoms. The fraction of sp³-hybridized carbons (Fsp3) is 0.500. The molecule has 1 saturated heterocycles. The minimum Gasteiger partial charge on any atom is -0.370 e. The summed E-state index contributed by atoms with van der Waals surface area (Å²) in [4.78, 5) is 37.0. The summed E-state index contributed by atoms with van der Waals surface area (Å²) in [6.45, 7) is 2.84. The van der Waals surface area contributed by atoms with Crippen molar-refractivity contribution in [3.63, 3.8) is 0 Å². The van der Waals surface area contributed by atoms with E-state index in [0.29, 0.717) is 0 Å². The molecule has 1 atom stereocenters. The summed E-state index contributed by atoms with van der Waals surface area (Å²) < 4.78 is 45.7. The van der Waals surface area contributed by atoms with Crippen LogP contribution in [0.15, 0.2) is 18.2 Å². The number of ether oxygens (including phenoxy) is 1. The van der Waals surface area contributed by atoms with Crippen LogP contribution in [0.3, 0.4) is 0 Å². The number of anilines is 2. The van der Waals surface area contributed by atoms with Gasteiger partial charge in [0.15, 0.2) is 0 Å². The highest BCUT2D eigenvalue weighted by Gasteiger charge is 2.37. The molecule has 0 spiro atoms. The number of rotatable bonds is 6. The molecule has 1 heterocycles. The Labute approximate surface area is 165 Å². The normalized spacial score (nSPS) is 16.0. The zero-order chi connectivity index (χ0) is 21.8. The zero-order valence-electron chi connectivity index (χ0n) is 16.0. The molecule has 1 aliphatic rings. The van der Waals surface area contributed by atoms with Gasteiger partial charge in [0, 0.05) is 24.7 Å². The first-order chi connectivity index (χ1) is 13.5. The van der Waals surface area contributed by atoms with Crippen molar-refractivity contribution in [2.24, 2.45) is 11.7 Å². The fourth-order valence-corrected chi connectivity index (χ4v) is 2.65. The van der Waals surface area contributed by atoms with Gasteiger partial charge >= 0.3 is 6.18 Å². The maximum Gasteiger partial charge on any atom is 0.418 e. The summed E-state index contributed by atoms with van der Waals surface area (Å²) >= 11 is 0. The topological polar surface area (TPSA) is 114 Å². The minimum atomic E-state index is -4.76. The molecule has 0 aromatic heterocycles. The van der Waals surface area contributed by atoms with Crippen LogP contribution in [0.2, 0.25) is 0 Å². The number of carbonyl (C=O) groups is 3. The highest BCUT2D eigenvalue weighted by Crippen LogP contribution is 2.38. The maximum atomic E-state index is 13.6. The molecule has 0 unspecified atom stereocenters. The van der Waals surface area contributed by atoms with Crippen LogP contribution in [0.5, 0.6) is 0 Å². The minimum absolute atomic E-state index is 0.00982. The van der Waals surface area contributed by atoms with E-state index in [1.807, 2.05) is 0 Å². The van der Waals surface area contributed by atoms with Gasteiger partial charge in [0.25, 0.3) is 5.91 Å². The van der Waals surface area contributed by atoms with Gasteiger partial charge in [-0.1, -0.05) is 13.8 Å². The monoisotopic (exact) mass is 416 g/mol. The van der Waals surface area contributed by atoms with Crippen LogP contribution in [0.4, 0.5) is 24.5 Å². The van der Waals surface area contributed by atoms with Crippen LogP contribution in [0.25, 0.3) is 0 Å². The highest BCUT2D eigenvalue weighted by molar-refractivity contribution is 5.99. The van der Waals surface area contributed by atoms with Crippen molar-refractivity contribution in [2.75, 3.05) is 36.5 Å². The Morgan fingerprint density at radius 1 is 1.28 bits per heavy atom. The van der Waals surface area contributed by atoms with Gasteiger partial charge in [-0.05, 0) is 18.2 Å². The first-order valence-electron chi connectivity index (χ1n) is 8.95. The van der Waals surface area contributed by atoms with Gasteiger partial charge in [0.1, 0.15) is 12.6 Å². The molecule has 160 valence electrons. The summed E-state index contributed by atoms with van der Waals surface area (Å²) in [5, 5.41) is 4.76. The predicted octanol–water partition coefficient (Wildman–Crippen LogP) is 1.11. The fourth-order valence-electron chi connectivity index (χ4n) is 2.65. The molecule has 1 aliphatic heterocycles. The van der Waals surface area contributed by atoms with E-state index >= 15 is 0 Å². The molecule has 8 nitrogen and oxygen atoms in total. The maximum absolute atomic E-state index is 13.6. The lowest BCUT2D eigenvalue weighted by Crippen LogP contribution is -2.49. The van der Waals surface area contributed by atoms with Crippen LogP contribution in [-0.4, -0.2) is 50.1 Å². The van der Waals surface area contributed by atoms with Gasteiger partial charge in [-0.3, -0.25) is 14.4 Å². The lowest BCUT2D eigenvalue weighted by Gasteiger charge is -2.29. The van der Waals surface area contributed by atoms with Crippen LogP contribution in [0, 0.1) is 5.92 Å². The number of carbonyl (C=O) groups excluding carboxylic acids is 3. The Bertz CT molecular complexity index is 783. The number of nitrogens with one attached hydrogen (secondary N) is 2. The zero-order valence-corrected chi connectivity index (χ0v) is 16.0. The third-order valence-corrected chi connectivity index (χ3v) is 4.24. The Morgan fingerprint density at radius 3 is 2.52 bits per heavy atom. The number of morpholine rings is 1. The standard InChI is InChI=1S/C18H23F3N4O4/c1-10(2)16(27)24-13(8-22)17(28)23-11-3-4-14(12(7-11)18(19,20)21)25-5-6-29-9-15(25)26/h3-4,7,10,13H,5-6,8-9,22H2,1-2H3,(H,23,28)(H,24,27)/t13-/m1/s1. The van der Waals surface area contributed by atoms with E-state index in [1.165, 1.54) is 6.07 Å². The summed E-state index contributed by atoms with van der Waals surface area (Å²) in [7, 11) is 0. The Hall–Kier alpha value is -2.66. The van der Waals surface area contributed by atoms with Gasteiger partial charge in [-0.25, -0.2) is 0 Å². The largest absolute Gasteiger partial charge is 0.418 e. The average Bonchev–Trinajstić information content (AvgIpc) is 2.65. The lowest BCUT2D eigenvalue weighted by atomic mass is 10.1. The Morgan fingerprint density at radius 2 is 1.97 bits per heavy atom. The second-order valence-corrected chi connectivity index (χ2v) is 6.77. The highest BCUT2D eigenvalue weighted by atomic mass is 19.4. The molecule has 2 rings (SSSR count). The van der Waals surface area contributed by atoms with E-state index in [2.05, 4.69) is 10.6 Å². The van der Waals surface area contributed by atoms with Crippen molar-refractivity contribution in [2.45, 2.75) is 26.1 Å². The molecule has 1 fully saturated rings. The molecule has 0 bridgehead atoms. The molecule has 29 heavy (non-hydrogen) atoms. The number of hydrogen-bond acceptors (Lipinski definition) is 5. The summed E-state index contributed by atoms with van der Waals surface area (Å²) in [6, 6.07) is 2.02. The number of halogens is 3. The first-order valence-corrected chi connectivity index (χ1v) is 8.95. The third kappa shape index (κ3) is 5.67. The first kappa shape index (κ1) is 22.6. The molecule has 4 N–H and O–H groups in total. The van der Waals surface area contributed by atoms with Crippen molar-refractivity contribution in [3.8, 4) is 0 Å². The smallest absolute Gasteiger partial charge is 0.370 e. The van der Waals surface area contributed by atoms with Crippen molar-refractivity contribution < 1.29 is 32.3 Å². The van der Waals surface area contributed by atoms with E-state index in [0.717, 1.165) is 17.0 Å². The van der Waals surface area contributed by atoms with Gasteiger partial charge in [-0.15, -0.1) is 0 Å². The van der Waals surface area contributed by atoms with E-state index in [1.54, 1.807) is 13.8 Å². The van der Waals surface area contributed by atoms with E-state index < -0.39 is 35.5 Å². The molecule has 1 aromatic carbocycles. The van der Waals surface area contributed by atoms with Crippen molar-refractivity contribution in [3.05, 3.63) is 23.8 Å². The van der Waals surface area contributed by atoms with Crippen LogP contribution < -0.4 is 21.3 Å². The molecular formula is C18H23F3N4O4. The SMILES string of the molecule is CC(C)C(=O)N[C@H](CN)C(=O)Nc1ccc(N2CCOCC2=O)c(C(F)(F)F)c1. The van der Waals surface area contributed by atoms with Crippen LogP contribution in [0.1, 0.15) is 19.4 Å². The second-order valence-electron chi connectivity index (χ2n) is 6.77. The summed E-state index contributed by atoms with van der Waals surface area (Å²) in [5.41, 5.74) is 3.98. The van der Waals surface area contributed by atoms with Gasteiger partial charge < -0.3 is 26.0 Å². The van der Waals surface area contributed by atoms with Gasteiger partial charge in [-0.2, -0.15) is 13.2 Å². The second kappa shape index (κ2) is 9.23. The molecule has 3 amide bonds.